The van der Waals surface area contributed by atoms with Crippen LogP contribution >= 0.6 is 0 Å². The monoisotopic (exact) mass is 226 g/mol. The van der Waals surface area contributed by atoms with Crippen molar-refractivity contribution in [3.05, 3.63) is 35.4 Å². The Balaban J connectivity index is 2.35. The average molecular weight is 226 g/mol. The van der Waals surface area contributed by atoms with Crippen molar-refractivity contribution in [1.82, 2.24) is 4.90 Å². The summed E-state index contributed by atoms with van der Waals surface area (Å²) >= 11 is 0. The van der Waals surface area contributed by atoms with Gasteiger partial charge in [-0.3, -0.25) is 4.79 Å². The molecule has 2 rings (SSSR count). The Bertz CT molecular complexity index is 409. The van der Waals surface area contributed by atoms with Gasteiger partial charge in [-0.15, -0.1) is 0 Å². The van der Waals surface area contributed by atoms with Crippen LogP contribution in [0.1, 0.15) is 22.0 Å². The van der Waals surface area contributed by atoms with E-state index < -0.39 is 19.0 Å². The largest absolute Gasteiger partial charge is 0.328 e. The van der Waals surface area contributed by atoms with E-state index in [1.165, 1.54) is 0 Å². The van der Waals surface area contributed by atoms with Gasteiger partial charge < -0.3 is 10.6 Å². The molecule has 1 aliphatic rings. The molecule has 1 aliphatic heterocycles. The zero-order valence-corrected chi connectivity index (χ0v) is 8.57. The Hall–Kier alpha value is -1.49. The topological polar surface area (TPSA) is 46.3 Å². The van der Waals surface area contributed by atoms with Crippen molar-refractivity contribution in [1.29, 1.82) is 0 Å². The van der Waals surface area contributed by atoms with Crippen molar-refractivity contribution in [3.63, 3.8) is 0 Å². The van der Waals surface area contributed by atoms with Gasteiger partial charge in [-0.25, -0.2) is 8.78 Å². The standard InChI is InChI=1S/C11H12F2N2O/c12-10(13)6-15-9(5-14)7-3-1-2-4-8(7)11(15)16/h1-4,9-10H,5-6,14H2/t9-/m0/s1. The number of nitrogens with zero attached hydrogens (tertiary/aromatic N) is 1. The third kappa shape index (κ3) is 1.67. The second-order valence-electron chi connectivity index (χ2n) is 3.69. The van der Waals surface area contributed by atoms with E-state index in [1.807, 2.05) is 0 Å². The number of carbonyl (C=O) groups excluding carboxylic acids is 1. The molecule has 0 saturated carbocycles. The summed E-state index contributed by atoms with van der Waals surface area (Å²) in [6, 6.07) is 6.48. The first-order valence-electron chi connectivity index (χ1n) is 5.03. The average Bonchev–Trinajstić information content (AvgIpc) is 2.52. The highest BCUT2D eigenvalue weighted by Crippen LogP contribution is 2.32. The smallest absolute Gasteiger partial charge is 0.255 e. The van der Waals surface area contributed by atoms with Crippen LogP contribution in [0.3, 0.4) is 0 Å². The lowest BCUT2D eigenvalue weighted by Gasteiger charge is -2.23. The van der Waals surface area contributed by atoms with Crippen molar-refractivity contribution in [2.45, 2.75) is 12.5 Å². The van der Waals surface area contributed by atoms with E-state index in [9.17, 15) is 13.6 Å². The van der Waals surface area contributed by atoms with Gasteiger partial charge >= 0.3 is 0 Å². The van der Waals surface area contributed by atoms with Gasteiger partial charge in [-0.05, 0) is 11.6 Å². The van der Waals surface area contributed by atoms with Gasteiger partial charge in [0.1, 0.15) is 0 Å². The predicted molar refractivity (Wildman–Crippen MR) is 55.3 cm³/mol. The number of halogens is 2. The summed E-state index contributed by atoms with van der Waals surface area (Å²) in [5.41, 5.74) is 6.77. The molecule has 2 N–H and O–H groups in total. The molecule has 1 atom stereocenters. The van der Waals surface area contributed by atoms with Gasteiger partial charge in [-0.2, -0.15) is 0 Å². The molecule has 1 aromatic carbocycles. The lowest BCUT2D eigenvalue weighted by molar-refractivity contribution is 0.0496. The zero-order valence-electron chi connectivity index (χ0n) is 8.57. The molecule has 86 valence electrons. The molecular weight excluding hydrogens is 214 g/mol. The zero-order chi connectivity index (χ0) is 11.7. The van der Waals surface area contributed by atoms with E-state index in [2.05, 4.69) is 0 Å². The van der Waals surface area contributed by atoms with Crippen LogP contribution in [0, 0.1) is 0 Å². The number of amides is 1. The minimum atomic E-state index is -2.53. The van der Waals surface area contributed by atoms with Crippen LogP contribution < -0.4 is 5.73 Å². The first kappa shape index (κ1) is 11.0. The Morgan fingerprint density at radius 2 is 2.06 bits per heavy atom. The molecule has 0 saturated heterocycles. The fraction of sp³-hybridized carbons (Fsp3) is 0.364. The van der Waals surface area contributed by atoms with E-state index >= 15 is 0 Å². The van der Waals surface area contributed by atoms with Crippen LogP contribution in [0.15, 0.2) is 24.3 Å². The molecule has 0 fully saturated rings. The summed E-state index contributed by atoms with van der Waals surface area (Å²) in [5.74, 6) is -0.355. The summed E-state index contributed by atoms with van der Waals surface area (Å²) in [6.45, 7) is -0.398. The van der Waals surface area contributed by atoms with Gasteiger partial charge in [0, 0.05) is 12.1 Å². The molecule has 0 radical (unpaired) electrons. The normalized spacial score (nSPS) is 19.4. The summed E-state index contributed by atoms with van der Waals surface area (Å²) in [6.07, 6.45) is -2.53. The molecule has 1 heterocycles. The highest BCUT2D eigenvalue weighted by atomic mass is 19.3. The minimum Gasteiger partial charge on any atom is -0.328 e. The summed E-state index contributed by atoms with van der Waals surface area (Å²) in [7, 11) is 0. The maximum Gasteiger partial charge on any atom is 0.255 e. The molecule has 5 heteroatoms. The Labute approximate surface area is 91.8 Å². The molecule has 0 aliphatic carbocycles. The Kier molecular flexibility index (Phi) is 2.87. The number of benzene rings is 1. The maximum atomic E-state index is 12.4. The highest BCUT2D eigenvalue weighted by Gasteiger charge is 2.36. The lowest BCUT2D eigenvalue weighted by atomic mass is 10.1. The third-order valence-electron chi connectivity index (χ3n) is 2.75. The lowest BCUT2D eigenvalue weighted by Crippen LogP contribution is -2.35. The van der Waals surface area contributed by atoms with Crippen LogP contribution in [0.25, 0.3) is 0 Å². The summed E-state index contributed by atoms with van der Waals surface area (Å²) in [4.78, 5) is 13.0. The fourth-order valence-corrected chi connectivity index (χ4v) is 2.06. The molecular formula is C11H12F2N2O. The first-order chi connectivity index (χ1) is 7.65. The van der Waals surface area contributed by atoms with E-state index in [0.29, 0.717) is 5.56 Å². The molecule has 0 aromatic heterocycles. The molecule has 1 aromatic rings. The number of nitrogens with two attached hydrogens (primary N) is 1. The maximum absolute atomic E-state index is 12.4. The number of fused-ring (bicyclic) bond motifs is 1. The number of alkyl halides is 2. The first-order valence-corrected chi connectivity index (χ1v) is 5.03. The van der Waals surface area contributed by atoms with Crippen molar-refractivity contribution in [2.24, 2.45) is 5.73 Å². The Morgan fingerprint density at radius 1 is 1.38 bits per heavy atom. The third-order valence-corrected chi connectivity index (χ3v) is 2.75. The van der Waals surface area contributed by atoms with Crippen LogP contribution in [-0.2, 0) is 0 Å². The molecule has 0 spiro atoms. The fourth-order valence-electron chi connectivity index (χ4n) is 2.06. The van der Waals surface area contributed by atoms with Gasteiger partial charge in [0.2, 0.25) is 0 Å². The van der Waals surface area contributed by atoms with Gasteiger partial charge in [0.15, 0.2) is 0 Å². The minimum absolute atomic E-state index is 0.162. The SMILES string of the molecule is NC[C@H]1c2ccccc2C(=O)N1CC(F)F. The van der Waals surface area contributed by atoms with Gasteiger partial charge in [0.25, 0.3) is 12.3 Å². The van der Waals surface area contributed by atoms with E-state index in [1.54, 1.807) is 24.3 Å². The summed E-state index contributed by atoms with van der Waals surface area (Å²) in [5, 5.41) is 0. The molecule has 16 heavy (non-hydrogen) atoms. The second-order valence-corrected chi connectivity index (χ2v) is 3.69. The van der Waals surface area contributed by atoms with Crippen molar-refractivity contribution >= 4 is 5.91 Å². The van der Waals surface area contributed by atoms with E-state index in [0.717, 1.165) is 10.5 Å². The second kappa shape index (κ2) is 4.17. The number of hydrogen-bond donors (Lipinski definition) is 1. The van der Waals surface area contributed by atoms with Gasteiger partial charge in [-0.1, -0.05) is 18.2 Å². The molecule has 0 unspecified atom stereocenters. The van der Waals surface area contributed by atoms with Crippen LogP contribution in [0.2, 0.25) is 0 Å². The van der Waals surface area contributed by atoms with Crippen molar-refractivity contribution in [3.8, 4) is 0 Å². The highest BCUT2D eigenvalue weighted by molar-refractivity contribution is 5.99. The van der Waals surface area contributed by atoms with Crippen molar-refractivity contribution < 1.29 is 13.6 Å². The molecule has 0 bridgehead atoms. The van der Waals surface area contributed by atoms with E-state index in [4.69, 9.17) is 5.73 Å². The summed E-state index contributed by atoms with van der Waals surface area (Å²) < 4.78 is 24.7. The van der Waals surface area contributed by atoms with Crippen LogP contribution in [0.5, 0.6) is 0 Å². The number of hydrogen-bond acceptors (Lipinski definition) is 2. The number of rotatable bonds is 3. The Morgan fingerprint density at radius 3 is 2.69 bits per heavy atom. The molecule has 1 amide bonds. The van der Waals surface area contributed by atoms with E-state index in [-0.39, 0.29) is 12.5 Å². The quantitative estimate of drug-likeness (QED) is 0.847. The van der Waals surface area contributed by atoms with Crippen LogP contribution in [0.4, 0.5) is 8.78 Å². The van der Waals surface area contributed by atoms with Crippen molar-refractivity contribution in [2.75, 3.05) is 13.1 Å². The number of carbonyl (C=O) groups is 1. The van der Waals surface area contributed by atoms with Crippen LogP contribution in [-0.4, -0.2) is 30.3 Å². The predicted octanol–water partition coefficient (Wildman–Crippen LogP) is 1.41. The molecule has 3 nitrogen and oxygen atoms in total. The van der Waals surface area contributed by atoms with Gasteiger partial charge in [0.05, 0.1) is 12.6 Å².